The minimum Gasteiger partial charge on any atom is -0.444 e. The number of urea groups is 1. The first-order chi connectivity index (χ1) is 24.6. The van der Waals surface area contributed by atoms with Crippen LogP contribution >= 0.6 is 0 Å². The lowest BCUT2D eigenvalue weighted by Crippen LogP contribution is -2.44. The number of nitrogens with zero attached hydrogens (tertiary/aromatic N) is 9. The fraction of sp³-hybridized carbons (Fsp3) is 0.568. The Morgan fingerprint density at radius 2 is 1.83 bits per heavy atom. The van der Waals surface area contributed by atoms with Gasteiger partial charge in [-0.15, -0.1) is 0 Å². The molecule has 5 heterocycles. The SMILES string of the molecule is CC(C)[C@H]1CN(CC2CCN(C(=O)OC(C)(C)C)CC2)C(=O)N1c1ccn2ncc(-c3ccc(-c4ncnn4COCC[Si](C)(C)C)c(F)c3)c2n1. The molecule has 2 aliphatic rings. The highest BCUT2D eigenvalue weighted by Crippen LogP contribution is 2.33. The Balaban J connectivity index is 1.17. The van der Waals surface area contributed by atoms with Crippen molar-refractivity contribution in [2.75, 3.05) is 37.7 Å². The molecule has 3 aromatic heterocycles. The van der Waals surface area contributed by atoms with Gasteiger partial charge in [0, 0.05) is 52.6 Å². The van der Waals surface area contributed by atoms with Crippen molar-refractivity contribution in [3.05, 3.63) is 48.8 Å². The normalized spacial score (nSPS) is 17.6. The Bertz CT molecular complexity index is 1890. The van der Waals surface area contributed by atoms with Gasteiger partial charge in [0.2, 0.25) is 0 Å². The molecular formula is C37H52FN9O4Si. The van der Waals surface area contributed by atoms with Crippen LogP contribution in [0.5, 0.6) is 0 Å². The van der Waals surface area contributed by atoms with E-state index in [1.54, 1.807) is 37.5 Å². The van der Waals surface area contributed by atoms with Gasteiger partial charge < -0.3 is 19.3 Å². The van der Waals surface area contributed by atoms with Crippen LogP contribution in [-0.2, 0) is 16.2 Å². The van der Waals surface area contributed by atoms with Crippen molar-refractivity contribution in [2.45, 2.75) is 91.5 Å². The van der Waals surface area contributed by atoms with Crippen LogP contribution in [0.15, 0.2) is 43.0 Å². The summed E-state index contributed by atoms with van der Waals surface area (Å²) in [6, 6.07) is 7.63. The van der Waals surface area contributed by atoms with Crippen molar-refractivity contribution in [1.29, 1.82) is 0 Å². The topological polar surface area (TPSA) is 123 Å². The van der Waals surface area contributed by atoms with Crippen LogP contribution in [0.4, 0.5) is 19.8 Å². The van der Waals surface area contributed by atoms with Crippen LogP contribution in [0.25, 0.3) is 28.2 Å². The Morgan fingerprint density at radius 1 is 1.08 bits per heavy atom. The van der Waals surface area contributed by atoms with Crippen LogP contribution in [0.2, 0.25) is 25.7 Å². The number of benzene rings is 1. The Labute approximate surface area is 306 Å². The average Bonchev–Trinajstić information content (AvgIpc) is 3.79. The maximum absolute atomic E-state index is 15.8. The molecule has 15 heteroatoms. The second-order valence-corrected chi connectivity index (χ2v) is 22.1. The number of anilines is 1. The fourth-order valence-corrected chi connectivity index (χ4v) is 7.46. The summed E-state index contributed by atoms with van der Waals surface area (Å²) in [5.74, 6) is 0.926. The highest BCUT2D eigenvalue weighted by molar-refractivity contribution is 6.76. The molecule has 1 atom stereocenters. The number of hydrogen-bond acceptors (Lipinski definition) is 8. The van der Waals surface area contributed by atoms with Crippen molar-refractivity contribution >= 4 is 31.7 Å². The van der Waals surface area contributed by atoms with E-state index in [1.807, 2.05) is 37.8 Å². The summed E-state index contributed by atoms with van der Waals surface area (Å²) < 4.78 is 30.4. The number of fused-ring (bicyclic) bond motifs is 1. The van der Waals surface area contributed by atoms with Gasteiger partial charge in [-0.05, 0) is 75.3 Å². The molecule has 0 spiro atoms. The second-order valence-electron chi connectivity index (χ2n) is 16.5. The lowest BCUT2D eigenvalue weighted by molar-refractivity contribution is 0.0175. The van der Waals surface area contributed by atoms with E-state index in [2.05, 4.69) is 48.7 Å². The molecule has 4 aromatic rings. The van der Waals surface area contributed by atoms with Gasteiger partial charge in [0.15, 0.2) is 11.5 Å². The molecule has 0 radical (unpaired) electrons. The Hall–Kier alpha value is -4.37. The summed E-state index contributed by atoms with van der Waals surface area (Å²) in [5, 5.41) is 8.74. The molecule has 13 nitrogen and oxygen atoms in total. The first kappa shape index (κ1) is 37.4. The lowest BCUT2D eigenvalue weighted by atomic mass is 9.96. The average molecular weight is 734 g/mol. The summed E-state index contributed by atoms with van der Waals surface area (Å²) in [6.07, 6.45) is 6.18. The number of halogens is 1. The standard InChI is InChI=1S/C37H52FN9O4Si/c1-25(2)31-22-44(21-26-11-14-43(15-12-26)36(49)51-37(3,4)5)35(48)47(31)32-13-16-45-34(42-32)29(20-40-45)27-9-10-28(30(38)19-27)33-39-23-41-46(33)24-50-17-18-52(6,7)8/h9-10,13,16,19-20,23,25-26,31H,11-12,14-15,17-18,21-22,24H2,1-8H3/t31-/m1/s1. The molecule has 0 unspecified atom stereocenters. The first-order valence-electron chi connectivity index (χ1n) is 18.2. The molecule has 2 aliphatic heterocycles. The van der Waals surface area contributed by atoms with E-state index in [9.17, 15) is 9.59 Å². The third kappa shape index (κ3) is 8.46. The van der Waals surface area contributed by atoms with E-state index >= 15 is 4.39 Å². The summed E-state index contributed by atoms with van der Waals surface area (Å²) in [6.45, 7) is 19.9. The fourth-order valence-electron chi connectivity index (χ4n) is 6.70. The minimum absolute atomic E-state index is 0.0794. The van der Waals surface area contributed by atoms with E-state index < -0.39 is 19.5 Å². The molecule has 0 aliphatic carbocycles. The van der Waals surface area contributed by atoms with Crippen molar-refractivity contribution in [1.82, 2.24) is 39.2 Å². The highest BCUT2D eigenvalue weighted by Gasteiger charge is 2.42. The number of piperidine rings is 1. The number of ether oxygens (including phenoxy) is 2. The Morgan fingerprint density at radius 3 is 2.50 bits per heavy atom. The second kappa shape index (κ2) is 14.9. The monoisotopic (exact) mass is 733 g/mol. The van der Waals surface area contributed by atoms with E-state index in [-0.39, 0.29) is 36.7 Å². The molecule has 0 bridgehead atoms. The third-order valence-corrected chi connectivity index (χ3v) is 11.4. The zero-order chi connectivity index (χ0) is 37.4. The number of carbonyl (C=O) groups excluding carboxylic acids is 2. The highest BCUT2D eigenvalue weighted by atomic mass is 28.3. The number of likely N-dealkylation sites (tertiary alicyclic amines) is 1. The largest absolute Gasteiger partial charge is 0.444 e. The van der Waals surface area contributed by atoms with Crippen molar-refractivity contribution in [3.8, 4) is 22.5 Å². The molecular weight excluding hydrogens is 682 g/mol. The van der Waals surface area contributed by atoms with Gasteiger partial charge in [-0.25, -0.2) is 33.1 Å². The first-order valence-corrected chi connectivity index (χ1v) is 21.9. The quantitative estimate of drug-likeness (QED) is 0.119. The van der Waals surface area contributed by atoms with Crippen molar-refractivity contribution < 1.29 is 23.5 Å². The summed E-state index contributed by atoms with van der Waals surface area (Å²) in [4.78, 5) is 41.3. The molecule has 0 N–H and O–H groups in total. The number of carbonyl (C=O) groups is 2. The minimum atomic E-state index is -1.24. The molecule has 6 rings (SSSR count). The lowest BCUT2D eigenvalue weighted by Gasteiger charge is -2.34. The van der Waals surface area contributed by atoms with Crippen LogP contribution in [0.1, 0.15) is 47.5 Å². The van der Waals surface area contributed by atoms with Gasteiger partial charge in [-0.2, -0.15) is 10.2 Å². The van der Waals surface area contributed by atoms with Gasteiger partial charge in [0.05, 0.1) is 17.8 Å². The number of rotatable bonds is 11. The van der Waals surface area contributed by atoms with Gasteiger partial charge in [-0.3, -0.25) is 4.90 Å². The van der Waals surface area contributed by atoms with Gasteiger partial charge in [0.1, 0.15) is 30.3 Å². The van der Waals surface area contributed by atoms with Crippen LogP contribution < -0.4 is 4.90 Å². The van der Waals surface area contributed by atoms with Crippen LogP contribution in [0, 0.1) is 17.7 Å². The smallest absolute Gasteiger partial charge is 0.410 e. The van der Waals surface area contributed by atoms with Gasteiger partial charge >= 0.3 is 12.1 Å². The maximum atomic E-state index is 15.8. The molecule has 1 aromatic carbocycles. The predicted molar refractivity (Wildman–Crippen MR) is 200 cm³/mol. The van der Waals surface area contributed by atoms with E-state index in [0.29, 0.717) is 66.8 Å². The summed E-state index contributed by atoms with van der Waals surface area (Å²) in [5.41, 5.74) is 1.55. The number of aromatic nitrogens is 6. The van der Waals surface area contributed by atoms with Crippen LogP contribution in [0.3, 0.4) is 0 Å². The van der Waals surface area contributed by atoms with Crippen LogP contribution in [-0.4, -0.2) is 104 Å². The molecule has 280 valence electrons. The summed E-state index contributed by atoms with van der Waals surface area (Å²) in [7, 11) is -1.24. The van der Waals surface area contributed by atoms with Gasteiger partial charge in [-0.1, -0.05) is 39.6 Å². The molecule has 2 saturated heterocycles. The van der Waals surface area contributed by atoms with Crippen molar-refractivity contribution in [3.63, 3.8) is 0 Å². The molecule has 3 amide bonds. The zero-order valence-electron chi connectivity index (χ0n) is 31.7. The van der Waals surface area contributed by atoms with E-state index in [1.165, 1.54) is 12.4 Å². The van der Waals surface area contributed by atoms with E-state index in [4.69, 9.17) is 14.5 Å². The predicted octanol–water partition coefficient (Wildman–Crippen LogP) is 7.02. The summed E-state index contributed by atoms with van der Waals surface area (Å²) >= 11 is 0. The molecule has 0 saturated carbocycles. The molecule has 2 fully saturated rings. The Kier molecular flexibility index (Phi) is 10.7. The maximum Gasteiger partial charge on any atom is 0.410 e. The molecule has 52 heavy (non-hydrogen) atoms. The van der Waals surface area contributed by atoms with Crippen molar-refractivity contribution in [2.24, 2.45) is 11.8 Å². The van der Waals surface area contributed by atoms with Gasteiger partial charge in [0.25, 0.3) is 0 Å². The number of amides is 3. The zero-order valence-corrected chi connectivity index (χ0v) is 32.7. The third-order valence-electron chi connectivity index (χ3n) is 9.68. The number of hydrogen-bond donors (Lipinski definition) is 0. The van der Waals surface area contributed by atoms with E-state index in [0.717, 1.165) is 18.9 Å².